The van der Waals surface area contributed by atoms with E-state index in [0.29, 0.717) is 5.92 Å². The fourth-order valence-corrected chi connectivity index (χ4v) is 1.68. The fourth-order valence-electron chi connectivity index (χ4n) is 0.758. The molecular formula is C8H13NOS. The summed E-state index contributed by atoms with van der Waals surface area (Å²) in [4.78, 5) is 4.28. The van der Waals surface area contributed by atoms with Gasteiger partial charge in [-0.3, -0.25) is 0 Å². The Morgan fingerprint density at radius 1 is 1.45 bits per heavy atom. The lowest BCUT2D eigenvalue weighted by molar-refractivity contribution is 0.195. The Balaban J connectivity index is 2.82. The highest BCUT2D eigenvalue weighted by Gasteiger charge is 2.08. The molecule has 0 spiro atoms. The van der Waals surface area contributed by atoms with E-state index in [1.54, 1.807) is 18.3 Å². The molecular weight excluding hydrogens is 158 g/mol. The Hall–Kier alpha value is -0.410. The predicted octanol–water partition coefficient (Wildman–Crippen LogP) is 2.32. The molecule has 1 aromatic heterocycles. The van der Waals surface area contributed by atoms with Crippen LogP contribution in [0.2, 0.25) is 0 Å². The van der Waals surface area contributed by atoms with Crippen LogP contribution in [0.25, 0.3) is 0 Å². The Kier molecular flexibility index (Phi) is 2.62. The van der Waals surface area contributed by atoms with Crippen LogP contribution in [0.1, 0.15) is 43.5 Å². The minimum Gasteiger partial charge on any atom is -0.387 e. The molecule has 1 heterocycles. The summed E-state index contributed by atoms with van der Waals surface area (Å²) >= 11 is 1.61. The van der Waals surface area contributed by atoms with E-state index in [1.807, 2.05) is 5.38 Å². The Bertz CT molecular complexity index is 207. The van der Waals surface area contributed by atoms with Gasteiger partial charge in [0.15, 0.2) is 0 Å². The van der Waals surface area contributed by atoms with Crippen molar-refractivity contribution in [2.75, 3.05) is 0 Å². The number of rotatable bonds is 2. The van der Waals surface area contributed by atoms with Gasteiger partial charge in [0.2, 0.25) is 0 Å². The maximum atomic E-state index is 9.16. The van der Waals surface area contributed by atoms with Crippen molar-refractivity contribution in [1.29, 1.82) is 0 Å². The van der Waals surface area contributed by atoms with Crippen molar-refractivity contribution in [2.24, 2.45) is 0 Å². The highest BCUT2D eigenvalue weighted by molar-refractivity contribution is 7.09. The van der Waals surface area contributed by atoms with Gasteiger partial charge in [-0.05, 0) is 6.92 Å². The zero-order chi connectivity index (χ0) is 8.43. The molecule has 0 radical (unpaired) electrons. The van der Waals surface area contributed by atoms with Crippen LogP contribution in [-0.2, 0) is 0 Å². The SMILES string of the molecule is CC(C)c1nc([C@@H](C)O)cs1. The van der Waals surface area contributed by atoms with E-state index in [4.69, 9.17) is 5.11 Å². The van der Waals surface area contributed by atoms with Crippen molar-refractivity contribution in [3.05, 3.63) is 16.1 Å². The quantitative estimate of drug-likeness (QED) is 0.740. The summed E-state index contributed by atoms with van der Waals surface area (Å²) < 4.78 is 0. The van der Waals surface area contributed by atoms with E-state index in [9.17, 15) is 0 Å². The molecule has 1 N–H and O–H groups in total. The second-order valence-electron chi connectivity index (χ2n) is 2.94. The molecule has 0 aliphatic rings. The van der Waals surface area contributed by atoms with Crippen molar-refractivity contribution < 1.29 is 5.11 Å². The van der Waals surface area contributed by atoms with E-state index < -0.39 is 6.10 Å². The van der Waals surface area contributed by atoms with Gasteiger partial charge in [0.1, 0.15) is 0 Å². The Morgan fingerprint density at radius 2 is 2.09 bits per heavy atom. The number of hydrogen-bond donors (Lipinski definition) is 1. The summed E-state index contributed by atoms with van der Waals surface area (Å²) in [6, 6.07) is 0. The third-order valence-electron chi connectivity index (χ3n) is 1.46. The molecule has 11 heavy (non-hydrogen) atoms. The van der Waals surface area contributed by atoms with Crippen LogP contribution < -0.4 is 0 Å². The summed E-state index contributed by atoms with van der Waals surface area (Å²) in [7, 11) is 0. The summed E-state index contributed by atoms with van der Waals surface area (Å²) in [5.41, 5.74) is 0.790. The molecule has 0 fully saturated rings. The van der Waals surface area contributed by atoms with Gasteiger partial charge in [0.25, 0.3) is 0 Å². The first-order chi connectivity index (χ1) is 5.11. The molecule has 0 saturated heterocycles. The van der Waals surface area contributed by atoms with Crippen molar-refractivity contribution >= 4 is 11.3 Å². The zero-order valence-electron chi connectivity index (χ0n) is 7.03. The van der Waals surface area contributed by atoms with Gasteiger partial charge in [-0.2, -0.15) is 0 Å². The summed E-state index contributed by atoms with van der Waals surface area (Å²) in [5.74, 6) is 0.465. The van der Waals surface area contributed by atoms with Crippen LogP contribution in [0.3, 0.4) is 0 Å². The lowest BCUT2D eigenvalue weighted by Crippen LogP contribution is -1.92. The molecule has 62 valence electrons. The summed E-state index contributed by atoms with van der Waals surface area (Å²) in [6.45, 7) is 5.94. The van der Waals surface area contributed by atoms with E-state index in [-0.39, 0.29) is 0 Å². The van der Waals surface area contributed by atoms with Crippen LogP contribution in [0.5, 0.6) is 0 Å². The standard InChI is InChI=1S/C8H13NOS/c1-5(2)8-9-7(4-11-8)6(3)10/h4-6,10H,1-3H3/t6-/m1/s1. The average molecular weight is 171 g/mol. The first kappa shape index (κ1) is 8.68. The molecule has 1 aromatic rings. The van der Waals surface area contributed by atoms with Crippen LogP contribution in [0.4, 0.5) is 0 Å². The number of aliphatic hydroxyl groups is 1. The fraction of sp³-hybridized carbons (Fsp3) is 0.625. The monoisotopic (exact) mass is 171 g/mol. The lowest BCUT2D eigenvalue weighted by atomic mass is 10.2. The maximum absolute atomic E-state index is 9.16. The van der Waals surface area contributed by atoms with E-state index >= 15 is 0 Å². The second kappa shape index (κ2) is 3.32. The smallest absolute Gasteiger partial charge is 0.0954 e. The van der Waals surface area contributed by atoms with Crippen molar-refractivity contribution in [3.8, 4) is 0 Å². The molecule has 0 aromatic carbocycles. The largest absolute Gasteiger partial charge is 0.387 e. The van der Waals surface area contributed by atoms with Gasteiger partial charge in [-0.1, -0.05) is 13.8 Å². The normalized spacial score (nSPS) is 13.9. The van der Waals surface area contributed by atoms with Gasteiger partial charge in [0, 0.05) is 11.3 Å². The molecule has 0 amide bonds. The first-order valence-electron chi connectivity index (χ1n) is 3.74. The molecule has 0 aliphatic heterocycles. The number of thiazole rings is 1. The lowest BCUT2D eigenvalue weighted by Gasteiger charge is -1.98. The maximum Gasteiger partial charge on any atom is 0.0954 e. The summed E-state index contributed by atoms with van der Waals surface area (Å²) in [6.07, 6.45) is -0.432. The highest BCUT2D eigenvalue weighted by Crippen LogP contribution is 2.22. The van der Waals surface area contributed by atoms with Crippen LogP contribution >= 0.6 is 11.3 Å². The molecule has 0 aliphatic carbocycles. The number of hydrogen-bond acceptors (Lipinski definition) is 3. The van der Waals surface area contributed by atoms with Crippen molar-refractivity contribution in [1.82, 2.24) is 4.98 Å². The molecule has 1 atom stereocenters. The first-order valence-corrected chi connectivity index (χ1v) is 4.62. The van der Waals surface area contributed by atoms with E-state index in [1.165, 1.54) is 0 Å². The highest BCUT2D eigenvalue weighted by atomic mass is 32.1. The zero-order valence-corrected chi connectivity index (χ0v) is 7.85. The van der Waals surface area contributed by atoms with Gasteiger partial charge in [-0.15, -0.1) is 11.3 Å². The Labute approximate surface area is 70.9 Å². The summed E-state index contributed by atoms with van der Waals surface area (Å²) in [5, 5.41) is 12.2. The van der Waals surface area contributed by atoms with Gasteiger partial charge >= 0.3 is 0 Å². The number of aromatic nitrogens is 1. The minimum absolute atomic E-state index is 0.432. The third-order valence-corrected chi connectivity index (χ3v) is 2.63. The van der Waals surface area contributed by atoms with Crippen molar-refractivity contribution in [2.45, 2.75) is 32.8 Å². The average Bonchev–Trinajstić information content (AvgIpc) is 2.33. The van der Waals surface area contributed by atoms with E-state index in [0.717, 1.165) is 10.7 Å². The van der Waals surface area contributed by atoms with Gasteiger partial charge < -0.3 is 5.11 Å². The topological polar surface area (TPSA) is 33.1 Å². The Morgan fingerprint density at radius 3 is 2.36 bits per heavy atom. The van der Waals surface area contributed by atoms with Gasteiger partial charge in [-0.25, -0.2) is 4.98 Å². The predicted molar refractivity (Wildman–Crippen MR) is 46.8 cm³/mol. The molecule has 3 heteroatoms. The van der Waals surface area contributed by atoms with Crippen molar-refractivity contribution in [3.63, 3.8) is 0 Å². The number of aliphatic hydroxyl groups excluding tert-OH is 1. The molecule has 0 bridgehead atoms. The minimum atomic E-state index is -0.432. The number of nitrogens with zero attached hydrogens (tertiary/aromatic N) is 1. The second-order valence-corrected chi connectivity index (χ2v) is 3.83. The molecule has 1 rings (SSSR count). The molecule has 0 unspecified atom stereocenters. The van der Waals surface area contributed by atoms with Crippen LogP contribution in [0, 0.1) is 0 Å². The molecule has 2 nitrogen and oxygen atoms in total. The molecule has 0 saturated carbocycles. The van der Waals surface area contributed by atoms with Crippen LogP contribution in [0.15, 0.2) is 5.38 Å². The van der Waals surface area contributed by atoms with Gasteiger partial charge in [0.05, 0.1) is 16.8 Å². The third kappa shape index (κ3) is 2.01. The van der Waals surface area contributed by atoms with Crippen LogP contribution in [-0.4, -0.2) is 10.1 Å². The van der Waals surface area contributed by atoms with E-state index in [2.05, 4.69) is 18.8 Å².